The first-order valence-corrected chi connectivity index (χ1v) is 7.90. The zero-order valence-corrected chi connectivity index (χ0v) is 13.3. The number of carbonyl (C=O) groups is 2. The van der Waals surface area contributed by atoms with Crippen LogP contribution in [0.1, 0.15) is 34.9 Å². The summed E-state index contributed by atoms with van der Waals surface area (Å²) >= 11 is 0. The van der Waals surface area contributed by atoms with Crippen molar-refractivity contribution in [2.75, 3.05) is 18.4 Å². The molecule has 0 bridgehead atoms. The van der Waals surface area contributed by atoms with Crippen LogP contribution < -0.4 is 5.32 Å². The number of benzene rings is 1. The third-order valence-electron chi connectivity index (χ3n) is 4.13. The number of likely N-dealkylation sites (tertiary alicyclic amines) is 1. The van der Waals surface area contributed by atoms with Crippen LogP contribution in [0.4, 0.5) is 5.69 Å². The monoisotopic (exact) mass is 325 g/mol. The van der Waals surface area contributed by atoms with E-state index < -0.39 is 0 Å². The zero-order chi connectivity index (χ0) is 16.9. The van der Waals surface area contributed by atoms with Crippen molar-refractivity contribution in [3.8, 4) is 0 Å². The molecule has 0 aliphatic carbocycles. The molecule has 24 heavy (non-hydrogen) atoms. The zero-order valence-electron chi connectivity index (χ0n) is 13.3. The number of carbonyl (C=O) groups excluding carboxylic acids is 2. The number of hydrogen-bond donors (Lipinski definition) is 1. The van der Waals surface area contributed by atoms with Gasteiger partial charge in [-0.05, 0) is 37.1 Å². The molecule has 2 heterocycles. The molecule has 1 saturated heterocycles. The predicted molar refractivity (Wildman–Crippen MR) is 89.7 cm³/mol. The Morgan fingerprint density at radius 2 is 2.25 bits per heavy atom. The molecular weight excluding hydrogens is 306 g/mol. The van der Waals surface area contributed by atoms with Crippen LogP contribution in [0, 0.1) is 0 Å². The second kappa shape index (κ2) is 7.12. The summed E-state index contributed by atoms with van der Waals surface area (Å²) in [6.07, 6.45) is 4.72. The van der Waals surface area contributed by atoms with Crippen molar-refractivity contribution in [1.82, 2.24) is 10.1 Å². The lowest BCUT2D eigenvalue weighted by Gasteiger charge is -2.31. The Hall–Kier alpha value is -2.89. The van der Waals surface area contributed by atoms with Gasteiger partial charge in [-0.2, -0.15) is 0 Å². The molecule has 6 heteroatoms. The molecule has 1 N–H and O–H groups in total. The highest BCUT2D eigenvalue weighted by Gasteiger charge is 2.27. The van der Waals surface area contributed by atoms with Crippen molar-refractivity contribution in [1.29, 1.82) is 0 Å². The fourth-order valence-corrected chi connectivity index (χ4v) is 2.94. The highest BCUT2D eigenvalue weighted by molar-refractivity contribution is 6.00. The number of hydrogen-bond acceptors (Lipinski definition) is 4. The lowest BCUT2D eigenvalue weighted by molar-refractivity contribution is -0.111. The standard InChI is InChI=1S/C18H19N3O3/c1-2-17(22)20-15-7-3-5-13(11-15)18(23)21-10-4-6-14(12-21)16-8-9-19-24-16/h2-3,5,7-9,11,14H,1,4,6,10,12H2,(H,20,22). The molecule has 1 aromatic carbocycles. The van der Waals surface area contributed by atoms with E-state index in [-0.39, 0.29) is 17.7 Å². The Balaban J connectivity index is 1.72. The van der Waals surface area contributed by atoms with Crippen LogP contribution in [0.2, 0.25) is 0 Å². The summed E-state index contributed by atoms with van der Waals surface area (Å²) in [4.78, 5) is 26.0. The molecular formula is C18H19N3O3. The van der Waals surface area contributed by atoms with E-state index in [0.717, 1.165) is 18.6 Å². The molecule has 1 fully saturated rings. The van der Waals surface area contributed by atoms with Gasteiger partial charge in [-0.3, -0.25) is 9.59 Å². The predicted octanol–water partition coefficient (Wildman–Crippen LogP) is 2.82. The molecule has 124 valence electrons. The van der Waals surface area contributed by atoms with Crippen molar-refractivity contribution in [3.63, 3.8) is 0 Å². The van der Waals surface area contributed by atoms with Gasteiger partial charge in [-0.25, -0.2) is 0 Å². The van der Waals surface area contributed by atoms with Crippen LogP contribution in [-0.4, -0.2) is 35.0 Å². The summed E-state index contributed by atoms with van der Waals surface area (Å²) in [5.74, 6) is 0.644. The van der Waals surface area contributed by atoms with E-state index in [0.29, 0.717) is 24.3 Å². The topological polar surface area (TPSA) is 75.4 Å². The summed E-state index contributed by atoms with van der Waals surface area (Å²) in [5, 5.41) is 6.42. The minimum Gasteiger partial charge on any atom is -0.361 e. The van der Waals surface area contributed by atoms with Crippen molar-refractivity contribution < 1.29 is 14.1 Å². The normalized spacial score (nSPS) is 17.3. The van der Waals surface area contributed by atoms with Gasteiger partial charge in [0, 0.05) is 36.3 Å². The maximum Gasteiger partial charge on any atom is 0.253 e. The molecule has 1 aliphatic heterocycles. The maximum absolute atomic E-state index is 12.8. The van der Waals surface area contributed by atoms with Crippen molar-refractivity contribution in [2.24, 2.45) is 0 Å². The van der Waals surface area contributed by atoms with Gasteiger partial charge in [0.2, 0.25) is 5.91 Å². The lowest BCUT2D eigenvalue weighted by Crippen LogP contribution is -2.39. The van der Waals surface area contributed by atoms with Gasteiger partial charge in [-0.15, -0.1) is 0 Å². The second-order valence-corrected chi connectivity index (χ2v) is 5.78. The van der Waals surface area contributed by atoms with Crippen molar-refractivity contribution in [3.05, 3.63) is 60.5 Å². The van der Waals surface area contributed by atoms with E-state index in [1.165, 1.54) is 6.08 Å². The van der Waals surface area contributed by atoms with Crippen LogP contribution in [-0.2, 0) is 4.79 Å². The summed E-state index contributed by atoms with van der Waals surface area (Å²) in [6.45, 7) is 4.74. The fraction of sp³-hybridized carbons (Fsp3) is 0.278. The van der Waals surface area contributed by atoms with Crippen molar-refractivity contribution >= 4 is 17.5 Å². The highest BCUT2D eigenvalue weighted by atomic mass is 16.5. The van der Waals surface area contributed by atoms with Gasteiger partial charge >= 0.3 is 0 Å². The highest BCUT2D eigenvalue weighted by Crippen LogP contribution is 2.27. The average molecular weight is 325 g/mol. The first-order valence-electron chi connectivity index (χ1n) is 7.90. The largest absolute Gasteiger partial charge is 0.361 e. The molecule has 1 atom stereocenters. The van der Waals surface area contributed by atoms with Gasteiger partial charge in [0.15, 0.2) is 0 Å². The van der Waals surface area contributed by atoms with Gasteiger partial charge in [0.25, 0.3) is 5.91 Å². The Morgan fingerprint density at radius 3 is 3.00 bits per heavy atom. The summed E-state index contributed by atoms with van der Waals surface area (Å²) in [5.41, 5.74) is 1.13. The minimum atomic E-state index is -0.303. The van der Waals surface area contributed by atoms with E-state index in [1.54, 1.807) is 30.5 Å². The number of piperidine rings is 1. The molecule has 1 aliphatic rings. The van der Waals surface area contributed by atoms with Gasteiger partial charge in [-0.1, -0.05) is 17.8 Å². The molecule has 0 saturated carbocycles. The molecule has 0 spiro atoms. The Morgan fingerprint density at radius 1 is 1.38 bits per heavy atom. The summed E-state index contributed by atoms with van der Waals surface area (Å²) in [6, 6.07) is 8.78. The van der Waals surface area contributed by atoms with E-state index >= 15 is 0 Å². The van der Waals surface area contributed by atoms with Crippen LogP contribution in [0.25, 0.3) is 0 Å². The number of nitrogens with one attached hydrogen (secondary N) is 1. The van der Waals surface area contributed by atoms with Gasteiger partial charge < -0.3 is 14.7 Å². The van der Waals surface area contributed by atoms with Crippen LogP contribution >= 0.6 is 0 Å². The lowest BCUT2D eigenvalue weighted by atomic mass is 9.95. The quantitative estimate of drug-likeness (QED) is 0.877. The molecule has 2 aromatic rings. The van der Waals surface area contributed by atoms with E-state index in [2.05, 4.69) is 17.1 Å². The SMILES string of the molecule is C=CC(=O)Nc1cccc(C(=O)N2CCCC(c3ccno3)C2)c1. The Bertz CT molecular complexity index is 740. The maximum atomic E-state index is 12.8. The average Bonchev–Trinajstić information content (AvgIpc) is 3.16. The fourth-order valence-electron chi connectivity index (χ4n) is 2.94. The van der Waals surface area contributed by atoms with Crippen LogP contribution in [0.5, 0.6) is 0 Å². The molecule has 1 aromatic heterocycles. The van der Waals surface area contributed by atoms with Crippen LogP contribution in [0.15, 0.2) is 53.7 Å². The first kappa shape index (κ1) is 16.0. The summed E-state index contributed by atoms with van der Waals surface area (Å²) in [7, 11) is 0. The number of nitrogens with zero attached hydrogens (tertiary/aromatic N) is 2. The van der Waals surface area contributed by atoms with Crippen molar-refractivity contribution in [2.45, 2.75) is 18.8 Å². The van der Waals surface area contributed by atoms with E-state index in [4.69, 9.17) is 4.52 Å². The second-order valence-electron chi connectivity index (χ2n) is 5.78. The first-order chi connectivity index (χ1) is 11.7. The van der Waals surface area contributed by atoms with Gasteiger partial charge in [0.05, 0.1) is 6.20 Å². The molecule has 2 amide bonds. The van der Waals surface area contributed by atoms with E-state index in [9.17, 15) is 9.59 Å². The Kier molecular flexibility index (Phi) is 4.74. The molecule has 3 rings (SSSR count). The minimum absolute atomic E-state index is 0.0473. The number of amides is 2. The summed E-state index contributed by atoms with van der Waals surface area (Å²) < 4.78 is 5.24. The third-order valence-corrected chi connectivity index (χ3v) is 4.13. The number of rotatable bonds is 4. The Labute approximate surface area is 140 Å². The number of anilines is 1. The molecule has 1 unspecified atom stereocenters. The third kappa shape index (κ3) is 3.53. The number of aromatic nitrogens is 1. The van der Waals surface area contributed by atoms with E-state index in [1.807, 2.05) is 11.0 Å². The molecule has 6 nitrogen and oxygen atoms in total. The van der Waals surface area contributed by atoms with Crippen LogP contribution in [0.3, 0.4) is 0 Å². The molecule has 0 radical (unpaired) electrons. The van der Waals surface area contributed by atoms with Gasteiger partial charge in [0.1, 0.15) is 5.76 Å². The smallest absolute Gasteiger partial charge is 0.253 e.